The number of hydrogen-bond donors (Lipinski definition) is 2. The molecule has 0 saturated carbocycles. The molecule has 0 bridgehead atoms. The maximum absolute atomic E-state index is 14.5. The lowest BCUT2D eigenvalue weighted by Crippen LogP contribution is -2.40. The van der Waals surface area contributed by atoms with Crippen LogP contribution in [0.5, 0.6) is 5.75 Å². The minimum atomic E-state index is -0.281. The minimum absolute atomic E-state index is 0.0640. The van der Waals surface area contributed by atoms with E-state index in [0.717, 1.165) is 5.56 Å². The molecule has 0 unspecified atom stereocenters. The monoisotopic (exact) mass is 688 g/mol. The topological polar surface area (TPSA) is 154 Å². The molecule has 3 aromatic heterocycles. The summed E-state index contributed by atoms with van der Waals surface area (Å²) in [6, 6.07) is 19.4. The molecule has 12 nitrogen and oxygen atoms in total. The second-order valence-corrected chi connectivity index (χ2v) is 12.3. The molecular weight excluding hydrogens is 656 g/mol. The molecule has 3 N–H and O–H groups in total. The van der Waals surface area contributed by atoms with Crippen LogP contribution in [0.4, 0.5) is 5.82 Å². The van der Waals surface area contributed by atoms with Crippen molar-refractivity contribution in [2.45, 2.75) is 32.4 Å². The number of aromatic nitrogens is 6. The summed E-state index contributed by atoms with van der Waals surface area (Å²) in [5.41, 5.74) is 9.37. The molecule has 13 heteroatoms. The zero-order valence-corrected chi connectivity index (χ0v) is 27.8. The molecule has 50 heavy (non-hydrogen) atoms. The van der Waals surface area contributed by atoms with E-state index in [1.807, 2.05) is 35.2 Å². The average molecular weight is 689 g/mol. The summed E-state index contributed by atoms with van der Waals surface area (Å²) in [4.78, 5) is 42.5. The lowest BCUT2D eigenvalue weighted by molar-refractivity contribution is -0.135. The predicted molar refractivity (Wildman–Crippen MR) is 191 cm³/mol. The molecule has 252 valence electrons. The van der Waals surface area contributed by atoms with Crippen LogP contribution >= 0.6 is 11.6 Å². The summed E-state index contributed by atoms with van der Waals surface area (Å²) in [6.07, 6.45) is 2.88. The van der Waals surface area contributed by atoms with Crippen LogP contribution < -0.4 is 11.3 Å². The van der Waals surface area contributed by atoms with Gasteiger partial charge < -0.3 is 20.5 Å². The van der Waals surface area contributed by atoms with Crippen molar-refractivity contribution in [3.05, 3.63) is 105 Å². The summed E-state index contributed by atoms with van der Waals surface area (Å²) in [5, 5.41) is 16.4. The first-order valence-electron chi connectivity index (χ1n) is 16.2. The average Bonchev–Trinajstić information content (AvgIpc) is 3.50. The van der Waals surface area contributed by atoms with Crippen LogP contribution in [0, 0.1) is 11.8 Å². The Hall–Kier alpha value is -5.77. The van der Waals surface area contributed by atoms with Gasteiger partial charge in [-0.1, -0.05) is 59.8 Å². The Morgan fingerprint density at radius 1 is 1.00 bits per heavy atom. The van der Waals surface area contributed by atoms with Gasteiger partial charge in [-0.2, -0.15) is 5.10 Å². The molecule has 1 aliphatic heterocycles. The number of ether oxygens (including phenoxy) is 1. The van der Waals surface area contributed by atoms with Gasteiger partial charge in [0.1, 0.15) is 36.0 Å². The normalized spacial score (nSPS) is 13.0. The Morgan fingerprint density at radius 2 is 1.82 bits per heavy atom. The summed E-state index contributed by atoms with van der Waals surface area (Å²) < 4.78 is 8.55. The number of anilines is 1. The number of aromatic hydroxyl groups is 1. The summed E-state index contributed by atoms with van der Waals surface area (Å²) >= 11 is 6.58. The molecule has 1 amide bonds. The molecule has 0 aliphatic carbocycles. The number of rotatable bonds is 8. The van der Waals surface area contributed by atoms with Gasteiger partial charge in [0.05, 0.1) is 36.0 Å². The van der Waals surface area contributed by atoms with E-state index < -0.39 is 0 Å². The fourth-order valence-corrected chi connectivity index (χ4v) is 6.28. The van der Waals surface area contributed by atoms with E-state index in [0.29, 0.717) is 95.2 Å². The van der Waals surface area contributed by atoms with Crippen molar-refractivity contribution in [1.29, 1.82) is 0 Å². The molecule has 1 fully saturated rings. The van der Waals surface area contributed by atoms with E-state index in [9.17, 15) is 14.7 Å². The molecule has 0 radical (unpaired) electrons. The fourth-order valence-electron chi connectivity index (χ4n) is 6.08. The second kappa shape index (κ2) is 14.4. The van der Waals surface area contributed by atoms with Gasteiger partial charge in [-0.3, -0.25) is 14.2 Å². The number of unbranched alkanes of at least 4 members (excludes halogenated alkanes) is 1. The molecule has 6 aromatic rings. The third kappa shape index (κ3) is 6.74. The minimum Gasteiger partial charge on any atom is -0.508 e. The number of carbonyl (C=O) groups is 1. The van der Waals surface area contributed by atoms with Gasteiger partial charge in [0.2, 0.25) is 5.91 Å². The smallest absolute Gasteiger partial charge is 0.263 e. The van der Waals surface area contributed by atoms with Crippen molar-refractivity contribution in [2.75, 3.05) is 32.0 Å². The van der Waals surface area contributed by atoms with Gasteiger partial charge >= 0.3 is 0 Å². The molecule has 1 aliphatic rings. The van der Waals surface area contributed by atoms with Crippen LogP contribution in [-0.2, 0) is 22.6 Å². The van der Waals surface area contributed by atoms with Crippen LogP contribution in [0.1, 0.15) is 36.2 Å². The number of carbonyl (C=O) groups excluding carboxylic acids is 1. The highest BCUT2D eigenvalue weighted by Crippen LogP contribution is 2.32. The maximum atomic E-state index is 14.5. The Bertz CT molecular complexity index is 2350. The lowest BCUT2D eigenvalue weighted by Gasteiger charge is -2.26. The summed E-state index contributed by atoms with van der Waals surface area (Å²) in [6.45, 7) is 2.59. The number of fused-ring (bicyclic) bond motifs is 2. The van der Waals surface area contributed by atoms with Crippen LogP contribution in [0.3, 0.4) is 0 Å². The van der Waals surface area contributed by atoms with Gasteiger partial charge in [-0.15, -0.1) is 0 Å². The van der Waals surface area contributed by atoms with Gasteiger partial charge in [0.15, 0.2) is 5.65 Å². The van der Waals surface area contributed by atoms with Gasteiger partial charge in [0, 0.05) is 42.1 Å². The number of benzene rings is 3. The highest BCUT2D eigenvalue weighted by Gasteiger charge is 2.21. The largest absolute Gasteiger partial charge is 0.508 e. The van der Waals surface area contributed by atoms with Crippen molar-refractivity contribution in [1.82, 2.24) is 34.2 Å². The van der Waals surface area contributed by atoms with E-state index in [2.05, 4.69) is 21.8 Å². The third-order valence-electron chi connectivity index (χ3n) is 8.60. The van der Waals surface area contributed by atoms with Crippen molar-refractivity contribution in [3.63, 3.8) is 0 Å². The highest BCUT2D eigenvalue weighted by molar-refractivity contribution is 6.31. The second-order valence-electron chi connectivity index (χ2n) is 11.9. The summed E-state index contributed by atoms with van der Waals surface area (Å²) in [5.74, 6) is 7.15. The SMILES string of the molecule is Nc1ncnc2c1c(-c1cccc(O)c1)nn2Cc1nc2cccc(C#CCCCC(=O)N3CCOCC3)c2c(=O)n1Cc1ccccc1Cl. The predicted octanol–water partition coefficient (Wildman–Crippen LogP) is 4.62. The first-order valence-corrected chi connectivity index (χ1v) is 16.6. The van der Waals surface area contributed by atoms with Gasteiger partial charge in [-0.25, -0.2) is 19.6 Å². The molecule has 0 spiro atoms. The number of phenols is 1. The third-order valence-corrected chi connectivity index (χ3v) is 8.97. The van der Waals surface area contributed by atoms with E-state index in [1.54, 1.807) is 45.6 Å². The lowest BCUT2D eigenvalue weighted by atomic mass is 10.1. The summed E-state index contributed by atoms with van der Waals surface area (Å²) in [7, 11) is 0. The molecule has 0 atom stereocenters. The van der Waals surface area contributed by atoms with Crippen molar-refractivity contribution < 1.29 is 14.6 Å². The highest BCUT2D eigenvalue weighted by atomic mass is 35.5. The van der Waals surface area contributed by atoms with E-state index in [-0.39, 0.29) is 36.1 Å². The molecule has 3 aromatic carbocycles. The Labute approximate surface area is 292 Å². The van der Waals surface area contributed by atoms with Crippen molar-refractivity contribution in [2.24, 2.45) is 0 Å². The number of nitrogen functional groups attached to an aromatic ring is 1. The Kier molecular flexibility index (Phi) is 9.42. The quantitative estimate of drug-likeness (QED) is 0.172. The molecule has 7 rings (SSSR count). The van der Waals surface area contributed by atoms with E-state index >= 15 is 0 Å². The van der Waals surface area contributed by atoms with Gasteiger partial charge in [-0.05, 0) is 42.3 Å². The number of halogens is 1. The maximum Gasteiger partial charge on any atom is 0.263 e. The number of hydrogen-bond acceptors (Lipinski definition) is 9. The number of nitrogens with zero attached hydrogens (tertiary/aromatic N) is 7. The van der Waals surface area contributed by atoms with Crippen LogP contribution in [0.15, 0.2) is 77.9 Å². The van der Waals surface area contributed by atoms with Gasteiger partial charge in [0.25, 0.3) is 5.56 Å². The Balaban J connectivity index is 1.27. The number of nitrogens with two attached hydrogens (primary N) is 1. The van der Waals surface area contributed by atoms with Crippen LogP contribution in [0.25, 0.3) is 33.2 Å². The Morgan fingerprint density at radius 3 is 2.64 bits per heavy atom. The van der Waals surface area contributed by atoms with E-state index in [4.69, 9.17) is 32.2 Å². The fraction of sp³-hybridized carbons (Fsp3) is 0.243. The van der Waals surface area contributed by atoms with Crippen LogP contribution in [-0.4, -0.2) is 71.5 Å². The first-order chi connectivity index (χ1) is 24.4. The standard InChI is InChI=1S/C37H33ClN8O4/c38-28-13-5-4-9-26(28)21-45-30(22-46-36-33(35(39)40-23-41-36)34(43-46)25-11-6-12-27(47)20-25)42-29-14-7-10-24(32(29)37(45)49)8-2-1-3-15-31(48)44-16-18-50-19-17-44/h4-7,9-14,20,23,47H,1,3,15-19,21-22H2,(H2,39,40,41). The van der Waals surface area contributed by atoms with Crippen LogP contribution in [0.2, 0.25) is 5.02 Å². The first kappa shape index (κ1) is 32.8. The van der Waals surface area contributed by atoms with E-state index in [1.165, 1.54) is 6.33 Å². The zero-order valence-electron chi connectivity index (χ0n) is 27.0. The van der Waals surface area contributed by atoms with Crippen molar-refractivity contribution in [3.8, 4) is 28.8 Å². The molecule has 1 saturated heterocycles. The number of phenolic OH excluding ortho intramolecular Hbond substituents is 1. The zero-order chi connectivity index (χ0) is 34.6. The number of morpholine rings is 1. The molecular formula is C37H33ClN8O4. The molecule has 4 heterocycles. The number of amides is 1. The van der Waals surface area contributed by atoms with Crippen molar-refractivity contribution >= 4 is 45.3 Å².